The monoisotopic (exact) mass is 420 g/mol. The van der Waals surface area contributed by atoms with E-state index in [2.05, 4.69) is 9.97 Å². The number of carbonyl (C=O) groups excluding carboxylic acids is 2. The summed E-state index contributed by atoms with van der Waals surface area (Å²) in [6.07, 6.45) is 0.947. The van der Waals surface area contributed by atoms with Crippen molar-refractivity contribution in [2.45, 2.75) is 26.7 Å². The van der Waals surface area contributed by atoms with Crippen molar-refractivity contribution in [3.63, 3.8) is 0 Å². The Morgan fingerprint density at radius 1 is 0.871 bits per heavy atom. The minimum atomic E-state index is -0.315. The summed E-state index contributed by atoms with van der Waals surface area (Å²) in [5, 5.41) is 0. The van der Waals surface area contributed by atoms with Crippen molar-refractivity contribution in [1.82, 2.24) is 19.8 Å². The van der Waals surface area contributed by atoms with Gasteiger partial charge in [0.15, 0.2) is 0 Å². The van der Waals surface area contributed by atoms with Gasteiger partial charge in [0.05, 0.1) is 28.8 Å². The molecule has 1 fully saturated rings. The molecule has 0 atom stereocenters. The highest BCUT2D eigenvalue weighted by Crippen LogP contribution is 2.17. The van der Waals surface area contributed by atoms with Crippen LogP contribution in [0.4, 0.5) is 4.39 Å². The van der Waals surface area contributed by atoms with E-state index in [1.165, 1.54) is 12.1 Å². The first-order valence-electron chi connectivity index (χ1n) is 10.5. The van der Waals surface area contributed by atoms with Gasteiger partial charge in [0.25, 0.3) is 5.91 Å². The van der Waals surface area contributed by atoms with E-state index >= 15 is 0 Å². The lowest BCUT2D eigenvalue weighted by atomic mass is 10.1. The number of amides is 2. The van der Waals surface area contributed by atoms with Gasteiger partial charge in [-0.1, -0.05) is 12.1 Å². The van der Waals surface area contributed by atoms with Gasteiger partial charge in [-0.25, -0.2) is 14.4 Å². The van der Waals surface area contributed by atoms with Crippen molar-refractivity contribution in [3.8, 4) is 0 Å². The minimum Gasteiger partial charge on any atom is -0.341 e. The summed E-state index contributed by atoms with van der Waals surface area (Å²) in [6.45, 7) is 5.98. The highest BCUT2D eigenvalue weighted by molar-refractivity contribution is 5.97. The second-order valence-corrected chi connectivity index (χ2v) is 7.93. The van der Waals surface area contributed by atoms with Crippen LogP contribution in [0.25, 0.3) is 11.0 Å². The molecule has 0 aliphatic carbocycles. The van der Waals surface area contributed by atoms with Gasteiger partial charge in [-0.2, -0.15) is 0 Å². The predicted molar refractivity (Wildman–Crippen MR) is 116 cm³/mol. The van der Waals surface area contributed by atoms with E-state index in [1.54, 1.807) is 34.1 Å². The molecule has 0 bridgehead atoms. The molecule has 7 heteroatoms. The molecule has 0 radical (unpaired) electrons. The van der Waals surface area contributed by atoms with Crippen LogP contribution < -0.4 is 0 Å². The lowest BCUT2D eigenvalue weighted by Gasteiger charge is -2.22. The van der Waals surface area contributed by atoms with Gasteiger partial charge in [0.1, 0.15) is 5.82 Å². The Labute approximate surface area is 180 Å². The second-order valence-electron chi connectivity index (χ2n) is 7.93. The molecular formula is C24H25FN4O2. The lowest BCUT2D eigenvalue weighted by molar-refractivity contribution is -0.130. The van der Waals surface area contributed by atoms with E-state index in [1.807, 2.05) is 19.9 Å². The van der Waals surface area contributed by atoms with E-state index in [0.29, 0.717) is 43.7 Å². The van der Waals surface area contributed by atoms with E-state index in [4.69, 9.17) is 0 Å². The molecular weight excluding hydrogens is 395 g/mol. The zero-order valence-corrected chi connectivity index (χ0v) is 17.8. The Balaban J connectivity index is 1.42. The average Bonchev–Trinajstić information content (AvgIpc) is 3.02. The number of carbonyl (C=O) groups is 2. The van der Waals surface area contributed by atoms with Crippen LogP contribution in [0.1, 0.15) is 33.7 Å². The summed E-state index contributed by atoms with van der Waals surface area (Å²) in [4.78, 5) is 38.4. The van der Waals surface area contributed by atoms with E-state index in [9.17, 15) is 14.0 Å². The molecule has 160 valence electrons. The first-order chi connectivity index (χ1) is 14.9. The van der Waals surface area contributed by atoms with Crippen molar-refractivity contribution in [2.24, 2.45) is 0 Å². The smallest absolute Gasteiger partial charge is 0.253 e. The number of hydrogen-bond acceptors (Lipinski definition) is 4. The molecule has 3 aromatic rings. The topological polar surface area (TPSA) is 66.4 Å². The highest BCUT2D eigenvalue weighted by Gasteiger charge is 2.23. The van der Waals surface area contributed by atoms with Crippen molar-refractivity contribution >= 4 is 22.8 Å². The van der Waals surface area contributed by atoms with Crippen LogP contribution >= 0.6 is 0 Å². The Kier molecular flexibility index (Phi) is 5.93. The SMILES string of the molecule is Cc1nc2ccc(C(=O)N3CCCN(C(=O)Cc4ccc(F)cc4)CC3)cc2nc1C. The number of hydrogen-bond donors (Lipinski definition) is 0. The van der Waals surface area contributed by atoms with Crippen molar-refractivity contribution in [3.05, 3.63) is 70.8 Å². The van der Waals surface area contributed by atoms with Gasteiger partial charge in [0, 0.05) is 31.7 Å². The molecule has 6 nitrogen and oxygen atoms in total. The van der Waals surface area contributed by atoms with Crippen LogP contribution in [0.15, 0.2) is 42.5 Å². The molecule has 0 saturated carbocycles. The van der Waals surface area contributed by atoms with Crippen molar-refractivity contribution in [1.29, 1.82) is 0 Å². The molecule has 4 rings (SSSR count). The first-order valence-corrected chi connectivity index (χ1v) is 10.5. The molecule has 1 aliphatic rings. The number of rotatable bonds is 3. The zero-order valence-electron chi connectivity index (χ0n) is 17.8. The van der Waals surface area contributed by atoms with E-state index in [0.717, 1.165) is 22.5 Å². The minimum absolute atomic E-state index is 0.00673. The Bertz CT molecular complexity index is 1130. The maximum absolute atomic E-state index is 13.1. The maximum Gasteiger partial charge on any atom is 0.253 e. The highest BCUT2D eigenvalue weighted by atomic mass is 19.1. The fourth-order valence-corrected chi connectivity index (χ4v) is 3.80. The maximum atomic E-state index is 13.1. The fourth-order valence-electron chi connectivity index (χ4n) is 3.80. The van der Waals surface area contributed by atoms with Crippen LogP contribution in [-0.2, 0) is 11.2 Å². The van der Waals surface area contributed by atoms with Crippen molar-refractivity contribution in [2.75, 3.05) is 26.2 Å². The number of fused-ring (bicyclic) bond motifs is 1. The molecule has 1 aromatic heterocycles. The third-order valence-electron chi connectivity index (χ3n) is 5.73. The summed E-state index contributed by atoms with van der Waals surface area (Å²) in [5.41, 5.74) is 4.57. The summed E-state index contributed by atoms with van der Waals surface area (Å²) < 4.78 is 13.1. The van der Waals surface area contributed by atoms with E-state index in [-0.39, 0.29) is 24.1 Å². The molecule has 2 aromatic carbocycles. The van der Waals surface area contributed by atoms with Gasteiger partial charge in [-0.05, 0) is 56.2 Å². The molecule has 31 heavy (non-hydrogen) atoms. The standard InChI is InChI=1S/C24H25FN4O2/c1-16-17(2)27-22-15-19(6-9-21(22)26-16)24(31)29-11-3-10-28(12-13-29)23(30)14-18-4-7-20(25)8-5-18/h4-9,15H,3,10-14H2,1-2H3. The molecule has 1 saturated heterocycles. The summed E-state index contributed by atoms with van der Waals surface area (Å²) in [7, 11) is 0. The summed E-state index contributed by atoms with van der Waals surface area (Å²) in [6, 6.07) is 11.4. The largest absolute Gasteiger partial charge is 0.341 e. The Morgan fingerprint density at radius 2 is 1.52 bits per heavy atom. The Morgan fingerprint density at radius 3 is 2.26 bits per heavy atom. The summed E-state index contributed by atoms with van der Waals surface area (Å²) >= 11 is 0. The third kappa shape index (κ3) is 4.71. The van der Waals surface area contributed by atoms with Gasteiger partial charge < -0.3 is 9.80 Å². The first kappa shape index (κ1) is 20.9. The van der Waals surface area contributed by atoms with Crippen LogP contribution in [0.5, 0.6) is 0 Å². The molecule has 2 heterocycles. The molecule has 0 spiro atoms. The number of nitrogens with zero attached hydrogens (tertiary/aromatic N) is 4. The van der Waals surface area contributed by atoms with Crippen LogP contribution in [0.2, 0.25) is 0 Å². The quantitative estimate of drug-likeness (QED) is 0.652. The van der Waals surface area contributed by atoms with Crippen LogP contribution in [0.3, 0.4) is 0 Å². The lowest BCUT2D eigenvalue weighted by Crippen LogP contribution is -2.38. The van der Waals surface area contributed by atoms with Crippen LogP contribution in [-0.4, -0.2) is 57.8 Å². The molecule has 0 N–H and O–H groups in total. The fraction of sp³-hybridized carbons (Fsp3) is 0.333. The van der Waals surface area contributed by atoms with Gasteiger partial charge in [-0.15, -0.1) is 0 Å². The van der Waals surface area contributed by atoms with Crippen LogP contribution in [0, 0.1) is 19.7 Å². The predicted octanol–water partition coefficient (Wildman–Crippen LogP) is 3.30. The number of aromatic nitrogens is 2. The van der Waals surface area contributed by atoms with Gasteiger partial charge in [0.2, 0.25) is 5.91 Å². The number of benzene rings is 2. The zero-order chi connectivity index (χ0) is 22.0. The molecule has 0 unspecified atom stereocenters. The van der Waals surface area contributed by atoms with Gasteiger partial charge in [-0.3, -0.25) is 9.59 Å². The van der Waals surface area contributed by atoms with Crippen molar-refractivity contribution < 1.29 is 14.0 Å². The summed E-state index contributed by atoms with van der Waals surface area (Å²) in [5.74, 6) is -0.382. The average molecular weight is 420 g/mol. The number of aryl methyl sites for hydroxylation is 2. The Hall–Kier alpha value is -3.35. The van der Waals surface area contributed by atoms with Gasteiger partial charge >= 0.3 is 0 Å². The molecule has 1 aliphatic heterocycles. The number of halogens is 1. The third-order valence-corrected chi connectivity index (χ3v) is 5.73. The normalized spacial score (nSPS) is 14.5. The molecule has 2 amide bonds. The van der Waals surface area contributed by atoms with E-state index < -0.39 is 0 Å². The second kappa shape index (κ2) is 8.79.